The molecule has 0 aliphatic rings. The number of aryl methyl sites for hydroxylation is 4. The second-order valence-electron chi connectivity index (χ2n) is 5.39. The van der Waals surface area contributed by atoms with E-state index < -0.39 is 0 Å². The molecule has 0 aliphatic heterocycles. The lowest BCUT2D eigenvalue weighted by Gasteiger charge is -2.03. The van der Waals surface area contributed by atoms with Crippen LogP contribution in [-0.4, -0.2) is 9.55 Å². The molecule has 0 radical (unpaired) electrons. The van der Waals surface area contributed by atoms with Crippen LogP contribution in [-0.2, 0) is 25.8 Å². The van der Waals surface area contributed by atoms with Gasteiger partial charge < -0.3 is 4.57 Å². The van der Waals surface area contributed by atoms with Crippen LogP contribution in [0.15, 0.2) is 36.5 Å². The number of imidazole rings is 1. The molecule has 2 aromatic rings. The summed E-state index contributed by atoms with van der Waals surface area (Å²) in [7, 11) is 0. The summed E-state index contributed by atoms with van der Waals surface area (Å²) in [5, 5.41) is 0. The Hall–Kier alpha value is -1.57. The molecule has 0 fully saturated rings. The molecule has 2 rings (SSSR count). The Morgan fingerprint density at radius 3 is 2.50 bits per heavy atom. The van der Waals surface area contributed by atoms with Crippen LogP contribution in [0.25, 0.3) is 0 Å². The SMILES string of the molecule is CCCCn1cc(CCCc2ccccc2)nc1CC. The van der Waals surface area contributed by atoms with Gasteiger partial charge in [0.25, 0.3) is 0 Å². The summed E-state index contributed by atoms with van der Waals surface area (Å²) in [5.74, 6) is 1.24. The van der Waals surface area contributed by atoms with E-state index in [9.17, 15) is 0 Å². The van der Waals surface area contributed by atoms with E-state index in [2.05, 4.69) is 54.9 Å². The number of hydrogen-bond donors (Lipinski definition) is 0. The molecule has 0 saturated heterocycles. The van der Waals surface area contributed by atoms with E-state index in [0.29, 0.717) is 0 Å². The van der Waals surface area contributed by atoms with Gasteiger partial charge in [0.05, 0.1) is 5.69 Å². The van der Waals surface area contributed by atoms with Crippen LogP contribution in [0.2, 0.25) is 0 Å². The zero-order valence-electron chi connectivity index (χ0n) is 12.8. The fourth-order valence-electron chi connectivity index (χ4n) is 2.56. The van der Waals surface area contributed by atoms with E-state index >= 15 is 0 Å². The summed E-state index contributed by atoms with van der Waals surface area (Å²) in [4.78, 5) is 4.78. The van der Waals surface area contributed by atoms with E-state index in [0.717, 1.165) is 25.8 Å². The lowest BCUT2D eigenvalue weighted by atomic mass is 10.1. The average Bonchev–Trinajstić information content (AvgIpc) is 2.88. The maximum absolute atomic E-state index is 4.78. The van der Waals surface area contributed by atoms with Gasteiger partial charge in [-0.3, -0.25) is 0 Å². The maximum atomic E-state index is 4.78. The first-order valence-electron chi connectivity index (χ1n) is 7.92. The second-order valence-corrected chi connectivity index (χ2v) is 5.39. The lowest BCUT2D eigenvalue weighted by molar-refractivity contribution is 0.605. The third-order valence-electron chi connectivity index (χ3n) is 3.72. The average molecular weight is 270 g/mol. The standard InChI is InChI=1S/C18H26N2/c1-3-5-14-20-15-17(19-18(20)4-2)13-9-12-16-10-7-6-8-11-16/h6-8,10-11,15H,3-5,9,12-14H2,1-2H3. The van der Waals surface area contributed by atoms with E-state index in [-0.39, 0.29) is 0 Å². The minimum absolute atomic E-state index is 1.03. The first kappa shape index (κ1) is 14.8. The Bertz CT molecular complexity index is 499. The second kappa shape index (κ2) is 7.88. The van der Waals surface area contributed by atoms with Crippen molar-refractivity contribution >= 4 is 0 Å². The first-order valence-corrected chi connectivity index (χ1v) is 7.92. The van der Waals surface area contributed by atoms with E-state index in [4.69, 9.17) is 4.98 Å². The van der Waals surface area contributed by atoms with Crippen LogP contribution in [0.5, 0.6) is 0 Å². The van der Waals surface area contributed by atoms with Crippen molar-refractivity contribution < 1.29 is 0 Å². The van der Waals surface area contributed by atoms with Crippen molar-refractivity contribution in [2.45, 2.75) is 58.9 Å². The highest BCUT2D eigenvalue weighted by atomic mass is 15.1. The predicted molar refractivity (Wildman–Crippen MR) is 85.0 cm³/mol. The Balaban J connectivity index is 1.87. The van der Waals surface area contributed by atoms with Crippen LogP contribution in [0.3, 0.4) is 0 Å². The topological polar surface area (TPSA) is 17.8 Å². The largest absolute Gasteiger partial charge is 0.335 e. The molecule has 1 heterocycles. The minimum atomic E-state index is 1.03. The fourth-order valence-corrected chi connectivity index (χ4v) is 2.56. The maximum Gasteiger partial charge on any atom is 0.108 e. The summed E-state index contributed by atoms with van der Waals surface area (Å²) in [6, 6.07) is 10.7. The highest BCUT2D eigenvalue weighted by Crippen LogP contribution is 2.11. The minimum Gasteiger partial charge on any atom is -0.335 e. The van der Waals surface area contributed by atoms with Crippen molar-refractivity contribution in [3.8, 4) is 0 Å². The first-order chi connectivity index (χ1) is 9.83. The number of unbranched alkanes of at least 4 members (excludes halogenated alkanes) is 1. The van der Waals surface area contributed by atoms with E-state index in [1.807, 2.05) is 0 Å². The van der Waals surface area contributed by atoms with E-state index in [1.54, 1.807) is 0 Å². The summed E-state index contributed by atoms with van der Waals surface area (Å²) >= 11 is 0. The van der Waals surface area contributed by atoms with Gasteiger partial charge in [-0.05, 0) is 31.2 Å². The van der Waals surface area contributed by atoms with Crippen LogP contribution in [0.1, 0.15) is 50.2 Å². The van der Waals surface area contributed by atoms with Crippen molar-refractivity contribution in [2.75, 3.05) is 0 Å². The molecule has 2 heteroatoms. The Labute approximate surface area is 122 Å². The molecule has 0 amide bonds. The number of rotatable bonds is 8. The van der Waals surface area contributed by atoms with Gasteiger partial charge in [0, 0.05) is 19.2 Å². The molecular formula is C18H26N2. The van der Waals surface area contributed by atoms with Gasteiger partial charge in [0.15, 0.2) is 0 Å². The summed E-state index contributed by atoms with van der Waals surface area (Å²) in [5.41, 5.74) is 2.68. The normalized spacial score (nSPS) is 10.9. The highest BCUT2D eigenvalue weighted by Gasteiger charge is 2.06. The van der Waals surface area contributed by atoms with Gasteiger partial charge in [-0.15, -0.1) is 0 Å². The number of benzene rings is 1. The van der Waals surface area contributed by atoms with Crippen LogP contribution >= 0.6 is 0 Å². The molecule has 0 atom stereocenters. The van der Waals surface area contributed by atoms with Crippen LogP contribution in [0.4, 0.5) is 0 Å². The van der Waals surface area contributed by atoms with Crippen molar-refractivity contribution in [1.29, 1.82) is 0 Å². The third kappa shape index (κ3) is 4.22. The molecule has 2 nitrogen and oxygen atoms in total. The van der Waals surface area contributed by atoms with Crippen molar-refractivity contribution in [3.05, 3.63) is 53.6 Å². The molecule has 0 saturated carbocycles. The van der Waals surface area contributed by atoms with Crippen molar-refractivity contribution in [2.24, 2.45) is 0 Å². The van der Waals surface area contributed by atoms with Gasteiger partial charge >= 0.3 is 0 Å². The summed E-state index contributed by atoms with van der Waals surface area (Å²) < 4.78 is 2.35. The Morgan fingerprint density at radius 1 is 1.00 bits per heavy atom. The summed E-state index contributed by atoms with van der Waals surface area (Å²) in [6.45, 7) is 5.55. The molecule has 0 unspecified atom stereocenters. The zero-order chi connectivity index (χ0) is 14.2. The van der Waals surface area contributed by atoms with Gasteiger partial charge in [-0.25, -0.2) is 4.98 Å². The molecule has 0 aliphatic carbocycles. The molecule has 1 aromatic carbocycles. The Kier molecular flexibility index (Phi) is 5.85. The van der Waals surface area contributed by atoms with Crippen molar-refractivity contribution in [3.63, 3.8) is 0 Å². The fraction of sp³-hybridized carbons (Fsp3) is 0.500. The number of hydrogen-bond acceptors (Lipinski definition) is 1. The Morgan fingerprint density at radius 2 is 1.80 bits per heavy atom. The van der Waals surface area contributed by atoms with Gasteiger partial charge in [0.1, 0.15) is 5.82 Å². The molecule has 0 spiro atoms. The van der Waals surface area contributed by atoms with Gasteiger partial charge in [0.2, 0.25) is 0 Å². The quantitative estimate of drug-likeness (QED) is 0.694. The van der Waals surface area contributed by atoms with Gasteiger partial charge in [-0.2, -0.15) is 0 Å². The molecule has 0 N–H and O–H groups in total. The van der Waals surface area contributed by atoms with Crippen molar-refractivity contribution in [1.82, 2.24) is 9.55 Å². The monoisotopic (exact) mass is 270 g/mol. The molecule has 1 aromatic heterocycles. The zero-order valence-corrected chi connectivity index (χ0v) is 12.8. The predicted octanol–water partition coefficient (Wildman–Crippen LogP) is 4.42. The molecule has 0 bridgehead atoms. The number of aromatic nitrogens is 2. The van der Waals surface area contributed by atoms with Crippen LogP contribution in [0, 0.1) is 0 Å². The lowest BCUT2D eigenvalue weighted by Crippen LogP contribution is -2.01. The van der Waals surface area contributed by atoms with E-state index in [1.165, 1.54) is 36.3 Å². The molecular weight excluding hydrogens is 244 g/mol. The summed E-state index contributed by atoms with van der Waals surface area (Å²) in [6.07, 6.45) is 9.18. The number of nitrogens with zero attached hydrogens (tertiary/aromatic N) is 2. The smallest absolute Gasteiger partial charge is 0.108 e. The third-order valence-corrected chi connectivity index (χ3v) is 3.72. The van der Waals surface area contributed by atoms with Gasteiger partial charge in [-0.1, -0.05) is 50.6 Å². The highest BCUT2D eigenvalue weighted by molar-refractivity contribution is 5.15. The van der Waals surface area contributed by atoms with Crippen LogP contribution < -0.4 is 0 Å². The molecule has 20 heavy (non-hydrogen) atoms. The molecule has 108 valence electrons.